The number of likely N-dealkylation sites (tertiary alicyclic amines) is 1. The number of nitrogens with zero attached hydrogens (tertiary/aromatic N) is 1. The Morgan fingerprint density at radius 3 is 2.85 bits per heavy atom. The molecule has 1 aliphatic carbocycles. The molecular weight excluding hydrogens is 244 g/mol. The summed E-state index contributed by atoms with van der Waals surface area (Å²) in [4.78, 5) is 2.71. The van der Waals surface area contributed by atoms with E-state index < -0.39 is 0 Å². The molecule has 110 valence electrons. The van der Waals surface area contributed by atoms with Crippen LogP contribution in [0.3, 0.4) is 0 Å². The maximum Gasteiger partial charge on any atom is 0.0340 e. The Balaban J connectivity index is 1.51. The van der Waals surface area contributed by atoms with Crippen molar-refractivity contribution in [3.63, 3.8) is 0 Å². The lowest BCUT2D eigenvalue weighted by Gasteiger charge is -2.41. The molecule has 2 fully saturated rings. The third-order valence-corrected chi connectivity index (χ3v) is 5.31. The summed E-state index contributed by atoms with van der Waals surface area (Å²) in [5, 5.41) is 3.23. The van der Waals surface area contributed by atoms with Crippen molar-refractivity contribution in [1.82, 2.24) is 4.90 Å². The Morgan fingerprint density at radius 2 is 2.00 bits per heavy atom. The highest BCUT2D eigenvalue weighted by atomic mass is 15.1. The first kappa shape index (κ1) is 13.9. The van der Waals surface area contributed by atoms with Crippen molar-refractivity contribution in [1.29, 1.82) is 0 Å². The molecule has 1 saturated carbocycles. The quantitative estimate of drug-likeness (QED) is 0.897. The van der Waals surface area contributed by atoms with Crippen LogP contribution in [0.1, 0.15) is 37.7 Å². The van der Waals surface area contributed by atoms with E-state index in [9.17, 15) is 0 Å². The Kier molecular flexibility index (Phi) is 4.62. The second kappa shape index (κ2) is 6.62. The van der Waals surface area contributed by atoms with Gasteiger partial charge in [-0.2, -0.15) is 0 Å². The molecule has 3 rings (SSSR count). The summed E-state index contributed by atoms with van der Waals surface area (Å²) in [7, 11) is 1.99. The molecule has 1 heterocycles. The topological polar surface area (TPSA) is 15.3 Å². The number of piperidine rings is 1. The van der Waals surface area contributed by atoms with Crippen LogP contribution < -0.4 is 5.32 Å². The Morgan fingerprint density at radius 1 is 1.15 bits per heavy atom. The number of nitrogens with one attached hydrogen (secondary N) is 1. The molecule has 0 bridgehead atoms. The van der Waals surface area contributed by atoms with Crippen molar-refractivity contribution >= 4 is 5.69 Å². The second-order valence-corrected chi connectivity index (χ2v) is 6.59. The molecular formula is C18H28N2. The number of hydrogen-bond acceptors (Lipinski definition) is 2. The summed E-state index contributed by atoms with van der Waals surface area (Å²) in [6.07, 6.45) is 8.57. The number of anilines is 1. The van der Waals surface area contributed by atoms with E-state index >= 15 is 0 Å². The molecule has 0 amide bonds. The molecule has 0 aromatic heterocycles. The molecule has 0 radical (unpaired) electrons. The third-order valence-electron chi connectivity index (χ3n) is 5.31. The SMILES string of the molecule is CNc1cccc(CCN2CC[C@H]3CCCC[C@@H]3C2)c1. The van der Waals surface area contributed by atoms with Gasteiger partial charge in [0.25, 0.3) is 0 Å². The van der Waals surface area contributed by atoms with Crippen LogP contribution in [0.5, 0.6) is 0 Å². The maximum absolute atomic E-state index is 3.23. The van der Waals surface area contributed by atoms with E-state index in [2.05, 4.69) is 34.5 Å². The summed E-state index contributed by atoms with van der Waals surface area (Å²) in [6.45, 7) is 3.92. The largest absolute Gasteiger partial charge is 0.388 e. The molecule has 2 nitrogen and oxygen atoms in total. The maximum atomic E-state index is 3.23. The van der Waals surface area contributed by atoms with E-state index in [1.165, 1.54) is 69.4 Å². The number of hydrogen-bond donors (Lipinski definition) is 1. The number of benzene rings is 1. The van der Waals surface area contributed by atoms with Crippen LogP contribution in [0.15, 0.2) is 24.3 Å². The second-order valence-electron chi connectivity index (χ2n) is 6.59. The molecule has 2 atom stereocenters. The summed E-state index contributed by atoms with van der Waals surface area (Å²) in [5.74, 6) is 2.05. The van der Waals surface area contributed by atoms with Crippen molar-refractivity contribution in [2.45, 2.75) is 38.5 Å². The molecule has 2 aliphatic rings. The average Bonchev–Trinajstić information content (AvgIpc) is 2.53. The Labute approximate surface area is 123 Å². The van der Waals surface area contributed by atoms with Crippen molar-refractivity contribution in [3.05, 3.63) is 29.8 Å². The van der Waals surface area contributed by atoms with Gasteiger partial charge in [0.2, 0.25) is 0 Å². The Bertz CT molecular complexity index is 429. The highest BCUT2D eigenvalue weighted by Crippen LogP contribution is 2.35. The summed E-state index contributed by atoms with van der Waals surface area (Å²) in [5.41, 5.74) is 2.69. The van der Waals surface area contributed by atoms with Crippen molar-refractivity contribution in [2.24, 2.45) is 11.8 Å². The van der Waals surface area contributed by atoms with Crippen LogP contribution in [0.2, 0.25) is 0 Å². The van der Waals surface area contributed by atoms with Crippen LogP contribution in [0.4, 0.5) is 5.69 Å². The fourth-order valence-electron chi connectivity index (χ4n) is 4.05. The van der Waals surface area contributed by atoms with Gasteiger partial charge in [-0.1, -0.05) is 31.4 Å². The van der Waals surface area contributed by atoms with Gasteiger partial charge in [0.15, 0.2) is 0 Å². The fourth-order valence-corrected chi connectivity index (χ4v) is 4.05. The first-order valence-electron chi connectivity index (χ1n) is 8.34. The van der Waals surface area contributed by atoms with Crippen LogP contribution in [-0.4, -0.2) is 31.6 Å². The zero-order chi connectivity index (χ0) is 13.8. The molecule has 1 aromatic carbocycles. The van der Waals surface area contributed by atoms with E-state index in [0.717, 1.165) is 11.8 Å². The number of fused-ring (bicyclic) bond motifs is 1. The molecule has 1 saturated heterocycles. The van der Waals surface area contributed by atoms with Crippen molar-refractivity contribution in [2.75, 3.05) is 32.0 Å². The van der Waals surface area contributed by atoms with Crippen molar-refractivity contribution in [3.8, 4) is 0 Å². The van der Waals surface area contributed by atoms with Gasteiger partial charge < -0.3 is 10.2 Å². The van der Waals surface area contributed by atoms with E-state index in [4.69, 9.17) is 0 Å². The Hall–Kier alpha value is -1.02. The zero-order valence-corrected chi connectivity index (χ0v) is 12.8. The minimum Gasteiger partial charge on any atom is -0.388 e. The molecule has 1 N–H and O–H groups in total. The van der Waals surface area contributed by atoms with Crippen LogP contribution in [-0.2, 0) is 6.42 Å². The minimum atomic E-state index is 1.00. The normalized spacial score (nSPS) is 27.1. The van der Waals surface area contributed by atoms with Crippen LogP contribution >= 0.6 is 0 Å². The van der Waals surface area contributed by atoms with Gasteiger partial charge in [0.05, 0.1) is 0 Å². The number of rotatable bonds is 4. The lowest BCUT2D eigenvalue weighted by molar-refractivity contribution is 0.0878. The van der Waals surface area contributed by atoms with Crippen molar-refractivity contribution < 1.29 is 0 Å². The fraction of sp³-hybridized carbons (Fsp3) is 0.667. The monoisotopic (exact) mass is 272 g/mol. The van der Waals surface area contributed by atoms with Crippen LogP contribution in [0, 0.1) is 11.8 Å². The van der Waals surface area contributed by atoms with Gasteiger partial charge >= 0.3 is 0 Å². The van der Waals surface area contributed by atoms with E-state index in [1.54, 1.807) is 0 Å². The van der Waals surface area contributed by atoms with Gasteiger partial charge in [-0.3, -0.25) is 0 Å². The molecule has 0 unspecified atom stereocenters. The van der Waals surface area contributed by atoms with Gasteiger partial charge in [-0.25, -0.2) is 0 Å². The summed E-state index contributed by atoms with van der Waals surface area (Å²) >= 11 is 0. The van der Waals surface area contributed by atoms with Gasteiger partial charge in [0.1, 0.15) is 0 Å². The predicted molar refractivity (Wildman–Crippen MR) is 86.2 cm³/mol. The zero-order valence-electron chi connectivity index (χ0n) is 12.8. The molecule has 1 aromatic rings. The average molecular weight is 272 g/mol. The summed E-state index contributed by atoms with van der Waals surface area (Å²) in [6, 6.07) is 8.84. The van der Waals surface area contributed by atoms with E-state index in [0.29, 0.717) is 0 Å². The lowest BCUT2D eigenvalue weighted by Crippen LogP contribution is -2.42. The predicted octanol–water partition coefficient (Wildman–Crippen LogP) is 3.78. The van der Waals surface area contributed by atoms with Gasteiger partial charge in [0, 0.05) is 25.8 Å². The molecule has 1 aliphatic heterocycles. The lowest BCUT2D eigenvalue weighted by atomic mass is 9.75. The van der Waals surface area contributed by atoms with E-state index in [1.807, 2.05) is 7.05 Å². The highest BCUT2D eigenvalue weighted by molar-refractivity contribution is 5.45. The molecule has 0 spiro atoms. The first-order chi connectivity index (χ1) is 9.85. The third kappa shape index (κ3) is 3.35. The van der Waals surface area contributed by atoms with Gasteiger partial charge in [-0.15, -0.1) is 0 Å². The van der Waals surface area contributed by atoms with E-state index in [-0.39, 0.29) is 0 Å². The standard InChI is InChI=1S/C18H28N2/c1-19-18-8-4-5-15(13-18)9-11-20-12-10-16-6-2-3-7-17(16)14-20/h4-5,8,13,16-17,19H,2-3,6-7,9-12,14H2,1H3/t16-,17-/m1/s1. The molecule has 20 heavy (non-hydrogen) atoms. The van der Waals surface area contributed by atoms with Crippen LogP contribution in [0.25, 0.3) is 0 Å². The highest BCUT2D eigenvalue weighted by Gasteiger charge is 2.30. The smallest absolute Gasteiger partial charge is 0.0340 e. The summed E-state index contributed by atoms with van der Waals surface area (Å²) < 4.78 is 0. The van der Waals surface area contributed by atoms with Gasteiger partial charge in [-0.05, 0) is 55.3 Å². The first-order valence-corrected chi connectivity index (χ1v) is 8.34. The molecule has 2 heteroatoms. The minimum absolute atomic E-state index is 1.00.